The largest absolute Gasteiger partial charge is 0.463 e. The molecule has 0 N–H and O–H groups in total. The van der Waals surface area contributed by atoms with Crippen LogP contribution in [0.3, 0.4) is 0 Å². The molecule has 25 heavy (non-hydrogen) atoms. The second kappa shape index (κ2) is 15.2. The Labute approximate surface area is 155 Å². The Morgan fingerprint density at radius 3 is 1.68 bits per heavy atom. The molecular weight excluding hydrogens is 316 g/mol. The van der Waals surface area contributed by atoms with Gasteiger partial charge in [-0.2, -0.15) is 0 Å². The predicted molar refractivity (Wildman–Crippen MR) is 102 cm³/mol. The van der Waals surface area contributed by atoms with Gasteiger partial charge in [-0.05, 0) is 39.5 Å². The van der Waals surface area contributed by atoms with Crippen LogP contribution in [-0.2, 0) is 19.1 Å². The summed E-state index contributed by atoms with van der Waals surface area (Å²) in [5, 5.41) is 0. The number of ether oxygens (including phenoxy) is 2. The molecule has 0 heterocycles. The molecule has 4 heteroatoms. The highest BCUT2D eigenvalue weighted by molar-refractivity contribution is 5.79. The van der Waals surface area contributed by atoms with E-state index in [9.17, 15) is 9.59 Å². The van der Waals surface area contributed by atoms with Crippen LogP contribution in [0.25, 0.3) is 0 Å². The first kappa shape index (κ1) is 23.9. The van der Waals surface area contributed by atoms with Gasteiger partial charge in [0.05, 0.1) is 24.5 Å². The molecule has 0 rings (SSSR count). The van der Waals surface area contributed by atoms with Gasteiger partial charge in [-0.25, -0.2) is 0 Å². The molecule has 0 saturated carbocycles. The molecule has 0 aliphatic heterocycles. The SMILES string of the molecule is CCCCCC[C@H](C)OC(=O)C[C@@H](C)C(=O)O[C@@H](C)CCCCCC. The van der Waals surface area contributed by atoms with Crippen LogP contribution in [0.1, 0.15) is 105 Å². The molecule has 0 aromatic rings. The van der Waals surface area contributed by atoms with E-state index in [2.05, 4.69) is 13.8 Å². The fraction of sp³-hybridized carbons (Fsp3) is 0.905. The number of hydrogen-bond acceptors (Lipinski definition) is 4. The zero-order chi connectivity index (χ0) is 19.1. The first-order valence-electron chi connectivity index (χ1n) is 10.3. The van der Waals surface area contributed by atoms with Gasteiger partial charge < -0.3 is 9.47 Å². The average molecular weight is 357 g/mol. The monoisotopic (exact) mass is 356 g/mol. The van der Waals surface area contributed by atoms with Gasteiger partial charge in [0.25, 0.3) is 0 Å². The smallest absolute Gasteiger partial charge is 0.309 e. The number of hydrogen-bond donors (Lipinski definition) is 0. The van der Waals surface area contributed by atoms with E-state index in [1.807, 2.05) is 13.8 Å². The van der Waals surface area contributed by atoms with Crippen molar-refractivity contribution in [1.82, 2.24) is 0 Å². The van der Waals surface area contributed by atoms with E-state index in [0.717, 1.165) is 25.7 Å². The van der Waals surface area contributed by atoms with Crippen LogP contribution >= 0.6 is 0 Å². The van der Waals surface area contributed by atoms with E-state index in [-0.39, 0.29) is 30.6 Å². The molecule has 0 aliphatic carbocycles. The van der Waals surface area contributed by atoms with E-state index in [4.69, 9.17) is 9.47 Å². The minimum atomic E-state index is -0.446. The highest BCUT2D eigenvalue weighted by Crippen LogP contribution is 2.14. The third kappa shape index (κ3) is 13.9. The lowest BCUT2D eigenvalue weighted by Gasteiger charge is -2.18. The molecule has 4 nitrogen and oxygen atoms in total. The van der Waals surface area contributed by atoms with Crippen molar-refractivity contribution in [3.05, 3.63) is 0 Å². The van der Waals surface area contributed by atoms with Gasteiger partial charge in [0.1, 0.15) is 0 Å². The Hall–Kier alpha value is -1.06. The minimum absolute atomic E-state index is 0.0786. The molecule has 0 aliphatic rings. The summed E-state index contributed by atoms with van der Waals surface area (Å²) < 4.78 is 10.8. The fourth-order valence-electron chi connectivity index (χ4n) is 2.76. The first-order valence-corrected chi connectivity index (χ1v) is 10.3. The topological polar surface area (TPSA) is 52.6 Å². The molecule has 0 bridgehead atoms. The summed E-state index contributed by atoms with van der Waals surface area (Å²) in [5.74, 6) is -1.04. The van der Waals surface area contributed by atoms with Crippen LogP contribution in [0, 0.1) is 5.92 Å². The fourth-order valence-corrected chi connectivity index (χ4v) is 2.76. The van der Waals surface area contributed by atoms with E-state index in [1.165, 1.54) is 38.5 Å². The molecule has 0 spiro atoms. The van der Waals surface area contributed by atoms with Crippen molar-refractivity contribution in [3.8, 4) is 0 Å². The second-order valence-corrected chi connectivity index (χ2v) is 7.35. The van der Waals surface area contributed by atoms with Gasteiger partial charge >= 0.3 is 11.9 Å². The summed E-state index contributed by atoms with van der Waals surface area (Å²) in [6.07, 6.45) is 11.1. The van der Waals surface area contributed by atoms with Crippen LogP contribution in [0.2, 0.25) is 0 Å². The molecule has 3 atom stereocenters. The number of esters is 2. The van der Waals surface area contributed by atoms with E-state index in [1.54, 1.807) is 6.92 Å². The second-order valence-electron chi connectivity index (χ2n) is 7.35. The first-order chi connectivity index (χ1) is 11.9. The van der Waals surface area contributed by atoms with Crippen LogP contribution in [0.15, 0.2) is 0 Å². The van der Waals surface area contributed by atoms with Crippen LogP contribution in [0.5, 0.6) is 0 Å². The van der Waals surface area contributed by atoms with E-state index < -0.39 is 5.92 Å². The van der Waals surface area contributed by atoms with Crippen LogP contribution in [0.4, 0.5) is 0 Å². The average Bonchev–Trinajstić information content (AvgIpc) is 2.55. The highest BCUT2D eigenvalue weighted by atomic mass is 16.5. The van der Waals surface area contributed by atoms with Crippen molar-refractivity contribution < 1.29 is 19.1 Å². The molecule has 0 radical (unpaired) electrons. The van der Waals surface area contributed by atoms with Gasteiger partial charge in [-0.3, -0.25) is 9.59 Å². The lowest BCUT2D eigenvalue weighted by molar-refractivity contribution is -0.159. The Morgan fingerprint density at radius 1 is 0.720 bits per heavy atom. The van der Waals surface area contributed by atoms with Gasteiger partial charge in [0, 0.05) is 0 Å². The normalized spacial score (nSPS) is 14.6. The van der Waals surface area contributed by atoms with Crippen molar-refractivity contribution in [3.63, 3.8) is 0 Å². The van der Waals surface area contributed by atoms with Gasteiger partial charge in [0.15, 0.2) is 0 Å². The molecule has 148 valence electrons. The van der Waals surface area contributed by atoms with Gasteiger partial charge in [-0.1, -0.05) is 59.3 Å². The van der Waals surface area contributed by atoms with Crippen molar-refractivity contribution in [2.45, 2.75) is 117 Å². The molecule has 0 saturated heterocycles. The highest BCUT2D eigenvalue weighted by Gasteiger charge is 2.22. The zero-order valence-electron chi connectivity index (χ0n) is 17.1. The Morgan fingerprint density at radius 2 is 1.20 bits per heavy atom. The Kier molecular flexibility index (Phi) is 14.6. The summed E-state index contributed by atoms with van der Waals surface area (Å²) in [7, 11) is 0. The standard InChI is InChI=1S/C21H40O4/c1-6-8-10-12-14-18(4)24-20(22)16-17(3)21(23)25-19(5)15-13-11-9-7-2/h17-19H,6-16H2,1-5H3/t17-,18+,19+/m1/s1. The van der Waals surface area contributed by atoms with E-state index >= 15 is 0 Å². The molecule has 0 aromatic carbocycles. The summed E-state index contributed by atoms with van der Waals surface area (Å²) in [6, 6.07) is 0. The molecule has 0 aromatic heterocycles. The number of unbranched alkanes of at least 4 members (excludes halogenated alkanes) is 6. The summed E-state index contributed by atoms with van der Waals surface area (Å²) in [6.45, 7) is 9.93. The van der Waals surface area contributed by atoms with Crippen molar-refractivity contribution in [2.75, 3.05) is 0 Å². The summed E-state index contributed by atoms with van der Waals surface area (Å²) >= 11 is 0. The lowest BCUT2D eigenvalue weighted by atomic mass is 10.1. The lowest BCUT2D eigenvalue weighted by Crippen LogP contribution is -2.25. The molecule has 0 fully saturated rings. The van der Waals surface area contributed by atoms with Crippen molar-refractivity contribution >= 4 is 11.9 Å². The van der Waals surface area contributed by atoms with Crippen molar-refractivity contribution in [1.29, 1.82) is 0 Å². The number of carbonyl (C=O) groups excluding carboxylic acids is 2. The van der Waals surface area contributed by atoms with Gasteiger partial charge in [-0.15, -0.1) is 0 Å². The number of carbonyl (C=O) groups is 2. The maximum atomic E-state index is 12.1. The summed E-state index contributed by atoms with van der Waals surface area (Å²) in [5.41, 5.74) is 0. The third-order valence-electron chi connectivity index (χ3n) is 4.45. The van der Waals surface area contributed by atoms with E-state index in [0.29, 0.717) is 0 Å². The van der Waals surface area contributed by atoms with Crippen molar-refractivity contribution in [2.24, 2.45) is 5.92 Å². The molecule has 0 amide bonds. The third-order valence-corrected chi connectivity index (χ3v) is 4.45. The maximum Gasteiger partial charge on any atom is 0.309 e. The minimum Gasteiger partial charge on any atom is -0.463 e. The maximum absolute atomic E-state index is 12.1. The van der Waals surface area contributed by atoms with Crippen LogP contribution in [-0.4, -0.2) is 24.1 Å². The quantitative estimate of drug-likeness (QED) is 0.274. The Balaban J connectivity index is 3.94. The number of rotatable bonds is 15. The predicted octanol–water partition coefficient (Wildman–Crippen LogP) is 5.82. The molecule has 0 unspecified atom stereocenters. The molecular formula is C21H40O4. The summed E-state index contributed by atoms with van der Waals surface area (Å²) in [4.78, 5) is 24.0. The Bertz CT molecular complexity index is 354. The zero-order valence-corrected chi connectivity index (χ0v) is 17.1. The van der Waals surface area contributed by atoms with Crippen LogP contribution < -0.4 is 0 Å². The van der Waals surface area contributed by atoms with Gasteiger partial charge in [0.2, 0.25) is 0 Å².